The third kappa shape index (κ3) is 3.27. The van der Waals surface area contributed by atoms with Gasteiger partial charge < -0.3 is 9.64 Å². The molecular weight excluding hydrogens is 334 g/mol. The summed E-state index contributed by atoms with van der Waals surface area (Å²) in [6, 6.07) is 18.8. The van der Waals surface area contributed by atoms with Crippen molar-refractivity contribution in [3.8, 4) is 5.75 Å². The van der Waals surface area contributed by atoms with E-state index in [0.717, 1.165) is 40.3 Å². The Balaban J connectivity index is 1.84. The Morgan fingerprint density at radius 3 is 2.44 bits per heavy atom. The first-order valence-corrected chi connectivity index (χ1v) is 9.31. The van der Waals surface area contributed by atoms with Gasteiger partial charge in [0.05, 0.1) is 18.7 Å². The molecule has 0 N–H and O–H groups in total. The van der Waals surface area contributed by atoms with Crippen LogP contribution in [0.4, 0.5) is 5.69 Å². The van der Waals surface area contributed by atoms with E-state index in [1.54, 1.807) is 7.11 Å². The van der Waals surface area contributed by atoms with Crippen LogP contribution in [0.3, 0.4) is 0 Å². The first-order chi connectivity index (χ1) is 13.0. The Morgan fingerprint density at radius 1 is 1.00 bits per heavy atom. The smallest absolute Gasteiger partial charge is 0.138 e. The number of aliphatic imine (C=N–C) groups is 1. The fourth-order valence-electron chi connectivity index (χ4n) is 3.47. The number of hydrogen-bond donors (Lipinski definition) is 0. The minimum Gasteiger partial charge on any atom is -0.497 e. The van der Waals surface area contributed by atoms with Crippen LogP contribution < -0.4 is 9.64 Å². The lowest BCUT2D eigenvalue weighted by Crippen LogP contribution is -2.34. The molecule has 1 aromatic heterocycles. The molecule has 4 nitrogen and oxygen atoms in total. The molecule has 4 heteroatoms. The van der Waals surface area contributed by atoms with Crippen LogP contribution >= 0.6 is 0 Å². The van der Waals surface area contributed by atoms with E-state index in [1.807, 2.05) is 24.4 Å². The highest BCUT2D eigenvalue weighted by Gasteiger charge is 2.35. The Hall–Kier alpha value is -2.88. The van der Waals surface area contributed by atoms with Crippen LogP contribution in [0.5, 0.6) is 5.75 Å². The lowest BCUT2D eigenvalue weighted by atomic mass is 9.87. The van der Waals surface area contributed by atoms with Crippen molar-refractivity contribution in [1.29, 1.82) is 0 Å². The molecule has 1 aliphatic rings. The van der Waals surface area contributed by atoms with Crippen molar-refractivity contribution >= 4 is 22.4 Å². The summed E-state index contributed by atoms with van der Waals surface area (Å²) in [6.07, 6.45) is 1.85. The molecule has 0 bridgehead atoms. The number of aromatic nitrogens is 1. The molecule has 27 heavy (non-hydrogen) atoms. The van der Waals surface area contributed by atoms with Gasteiger partial charge in [0.2, 0.25) is 0 Å². The number of amidine groups is 1. The molecule has 0 fully saturated rings. The molecule has 2 aromatic carbocycles. The topological polar surface area (TPSA) is 37.7 Å². The predicted octanol–water partition coefficient (Wildman–Crippen LogP) is 4.92. The van der Waals surface area contributed by atoms with Gasteiger partial charge in [0.15, 0.2) is 0 Å². The molecule has 4 rings (SSSR count). The third-order valence-electron chi connectivity index (χ3n) is 5.15. The summed E-state index contributed by atoms with van der Waals surface area (Å²) in [5, 5.41) is 1.13. The summed E-state index contributed by atoms with van der Waals surface area (Å²) in [5.41, 5.74) is 3.28. The highest BCUT2D eigenvalue weighted by molar-refractivity contribution is 6.17. The molecule has 1 unspecified atom stereocenters. The van der Waals surface area contributed by atoms with E-state index in [0.29, 0.717) is 0 Å². The van der Waals surface area contributed by atoms with E-state index in [9.17, 15) is 0 Å². The van der Waals surface area contributed by atoms with Crippen LogP contribution in [0.25, 0.3) is 10.9 Å². The minimum absolute atomic E-state index is 0.0878. The zero-order valence-corrected chi connectivity index (χ0v) is 16.3. The molecule has 0 radical (unpaired) electrons. The molecular formula is C23H25N3O. The zero-order chi connectivity index (χ0) is 19.0. The Labute approximate surface area is 160 Å². The normalized spacial score (nSPS) is 17.3. The summed E-state index contributed by atoms with van der Waals surface area (Å²) in [6.45, 7) is 7.60. The number of hydrogen-bond acceptors (Lipinski definition) is 4. The van der Waals surface area contributed by atoms with Gasteiger partial charge in [0.25, 0.3) is 0 Å². The van der Waals surface area contributed by atoms with Crippen LogP contribution in [0.1, 0.15) is 26.3 Å². The largest absolute Gasteiger partial charge is 0.497 e. The fraction of sp³-hybridized carbons (Fsp3) is 0.304. The fourth-order valence-corrected chi connectivity index (χ4v) is 3.47. The van der Waals surface area contributed by atoms with Crippen LogP contribution in [0, 0.1) is 5.41 Å². The average Bonchev–Trinajstić information content (AvgIpc) is 3.13. The SMILES string of the molecule is COc1ccc(N2CC(C(C)(C)C)N=C2c2cccc3cccnc23)cc1. The number of fused-ring (bicyclic) bond motifs is 1. The average molecular weight is 359 g/mol. The van der Waals surface area contributed by atoms with Crippen LogP contribution in [0.15, 0.2) is 65.8 Å². The monoisotopic (exact) mass is 359 g/mol. The summed E-state index contributed by atoms with van der Waals surface area (Å²) in [7, 11) is 1.69. The number of anilines is 1. The number of ether oxygens (including phenoxy) is 1. The maximum Gasteiger partial charge on any atom is 0.138 e. The first-order valence-electron chi connectivity index (χ1n) is 9.31. The summed E-state index contributed by atoms with van der Waals surface area (Å²) in [4.78, 5) is 12.1. The van der Waals surface area contributed by atoms with Gasteiger partial charge in [-0.3, -0.25) is 9.98 Å². The number of rotatable bonds is 3. The highest BCUT2D eigenvalue weighted by Crippen LogP contribution is 2.33. The van der Waals surface area contributed by atoms with Gasteiger partial charge in [0, 0.05) is 29.4 Å². The van der Waals surface area contributed by atoms with Crippen LogP contribution in [-0.4, -0.2) is 30.5 Å². The predicted molar refractivity (Wildman–Crippen MR) is 112 cm³/mol. The maximum absolute atomic E-state index is 5.32. The van der Waals surface area contributed by atoms with Crippen molar-refractivity contribution < 1.29 is 4.74 Å². The van der Waals surface area contributed by atoms with Gasteiger partial charge in [-0.1, -0.05) is 39.0 Å². The molecule has 138 valence electrons. The van der Waals surface area contributed by atoms with Crippen molar-refractivity contribution in [1.82, 2.24) is 4.98 Å². The van der Waals surface area contributed by atoms with Gasteiger partial charge in [-0.05, 0) is 41.8 Å². The molecule has 1 aliphatic heterocycles. The number of benzene rings is 2. The Bertz CT molecular complexity index is 981. The number of methoxy groups -OCH3 is 1. The van der Waals surface area contributed by atoms with Gasteiger partial charge in [-0.25, -0.2) is 0 Å². The zero-order valence-electron chi connectivity index (χ0n) is 16.3. The van der Waals surface area contributed by atoms with Gasteiger partial charge in [-0.2, -0.15) is 0 Å². The summed E-state index contributed by atoms with van der Waals surface area (Å²) < 4.78 is 5.32. The molecule has 2 heterocycles. The molecule has 0 saturated heterocycles. The summed E-state index contributed by atoms with van der Waals surface area (Å²) >= 11 is 0. The number of nitrogens with zero attached hydrogens (tertiary/aromatic N) is 3. The quantitative estimate of drug-likeness (QED) is 0.666. The van der Waals surface area contributed by atoms with Crippen LogP contribution in [0.2, 0.25) is 0 Å². The molecule has 0 aliphatic carbocycles. The standard InChI is InChI=1S/C23H25N3O/c1-23(2,3)20-15-26(17-10-12-18(27-4)13-11-17)22(25-20)19-9-5-7-16-8-6-14-24-21(16)19/h5-14,20H,15H2,1-4H3. The van der Waals surface area contributed by atoms with Gasteiger partial charge >= 0.3 is 0 Å². The molecule has 0 spiro atoms. The third-order valence-corrected chi connectivity index (χ3v) is 5.15. The van der Waals surface area contributed by atoms with Crippen molar-refractivity contribution in [2.24, 2.45) is 10.4 Å². The maximum atomic E-state index is 5.32. The van der Waals surface area contributed by atoms with Gasteiger partial charge in [0.1, 0.15) is 11.6 Å². The second kappa shape index (κ2) is 6.69. The summed E-state index contributed by atoms with van der Waals surface area (Å²) in [5.74, 6) is 1.85. The van der Waals surface area contributed by atoms with E-state index in [4.69, 9.17) is 9.73 Å². The number of pyridine rings is 1. The van der Waals surface area contributed by atoms with Crippen molar-refractivity contribution in [3.05, 3.63) is 66.4 Å². The molecule has 0 saturated carbocycles. The number of para-hydroxylation sites is 1. The Kier molecular flexibility index (Phi) is 4.34. The van der Waals surface area contributed by atoms with E-state index >= 15 is 0 Å². The second-order valence-corrected chi connectivity index (χ2v) is 8.02. The second-order valence-electron chi connectivity index (χ2n) is 8.02. The first kappa shape index (κ1) is 17.5. The van der Waals surface area contributed by atoms with Crippen LogP contribution in [-0.2, 0) is 0 Å². The molecule has 0 amide bonds. The lowest BCUT2D eigenvalue weighted by molar-refractivity contribution is 0.337. The van der Waals surface area contributed by atoms with Crippen molar-refractivity contribution in [2.45, 2.75) is 26.8 Å². The Morgan fingerprint density at radius 2 is 1.74 bits per heavy atom. The molecule has 1 atom stereocenters. The van der Waals surface area contributed by atoms with Crippen molar-refractivity contribution in [3.63, 3.8) is 0 Å². The van der Waals surface area contributed by atoms with E-state index in [2.05, 4.69) is 67.1 Å². The van der Waals surface area contributed by atoms with E-state index in [-0.39, 0.29) is 11.5 Å². The van der Waals surface area contributed by atoms with E-state index in [1.165, 1.54) is 0 Å². The van der Waals surface area contributed by atoms with Crippen molar-refractivity contribution in [2.75, 3.05) is 18.6 Å². The van der Waals surface area contributed by atoms with Gasteiger partial charge in [-0.15, -0.1) is 0 Å². The van der Waals surface area contributed by atoms with E-state index < -0.39 is 0 Å². The minimum atomic E-state index is 0.0878. The molecule has 3 aromatic rings. The lowest BCUT2D eigenvalue weighted by Gasteiger charge is -2.26. The highest BCUT2D eigenvalue weighted by atomic mass is 16.5.